The third-order valence-corrected chi connectivity index (χ3v) is 4.60. The van der Waals surface area contributed by atoms with Crippen molar-refractivity contribution in [3.8, 4) is 0 Å². The molecule has 1 fully saturated rings. The van der Waals surface area contributed by atoms with E-state index in [2.05, 4.69) is 30.6 Å². The molecule has 1 saturated heterocycles. The summed E-state index contributed by atoms with van der Waals surface area (Å²) in [6.07, 6.45) is 1.48. The zero-order valence-electron chi connectivity index (χ0n) is 15.0. The standard InChI is InChI=1S/C17H20N8O2/c1-13-19-15(20-27-13)11-23-7-9-24(10-8-23)17(26)16(25-12-18-21-22-25)14-5-3-2-4-6-14/h2-6,12,16H,7-11H2,1H3/t16-/m1/s1. The Hall–Kier alpha value is -3.14. The molecule has 1 amide bonds. The van der Waals surface area contributed by atoms with Crippen LogP contribution in [0.5, 0.6) is 0 Å². The summed E-state index contributed by atoms with van der Waals surface area (Å²) in [5.74, 6) is 1.22. The van der Waals surface area contributed by atoms with Crippen molar-refractivity contribution >= 4 is 5.91 Å². The van der Waals surface area contributed by atoms with Crippen LogP contribution in [0.3, 0.4) is 0 Å². The van der Waals surface area contributed by atoms with Gasteiger partial charge in [-0.2, -0.15) is 4.98 Å². The molecule has 3 aromatic rings. The van der Waals surface area contributed by atoms with Gasteiger partial charge >= 0.3 is 0 Å². The fourth-order valence-electron chi connectivity index (χ4n) is 3.24. The molecule has 0 bridgehead atoms. The first kappa shape index (κ1) is 17.3. The summed E-state index contributed by atoms with van der Waals surface area (Å²) in [6.45, 7) is 5.14. The van der Waals surface area contributed by atoms with Crippen molar-refractivity contribution in [3.63, 3.8) is 0 Å². The molecule has 1 atom stereocenters. The van der Waals surface area contributed by atoms with E-state index in [4.69, 9.17) is 4.52 Å². The largest absolute Gasteiger partial charge is 0.340 e. The molecule has 10 nitrogen and oxygen atoms in total. The monoisotopic (exact) mass is 368 g/mol. The topological polar surface area (TPSA) is 106 Å². The summed E-state index contributed by atoms with van der Waals surface area (Å²) in [7, 11) is 0. The van der Waals surface area contributed by atoms with E-state index in [1.165, 1.54) is 11.0 Å². The summed E-state index contributed by atoms with van der Waals surface area (Å²) in [5, 5.41) is 15.3. The molecule has 2 aromatic heterocycles. The second kappa shape index (κ2) is 7.62. The van der Waals surface area contributed by atoms with Crippen LogP contribution < -0.4 is 0 Å². The number of carbonyl (C=O) groups excluding carboxylic acids is 1. The molecule has 0 saturated carbocycles. The van der Waals surface area contributed by atoms with E-state index in [0.717, 1.165) is 18.7 Å². The van der Waals surface area contributed by atoms with Gasteiger partial charge in [0.05, 0.1) is 6.54 Å². The maximum Gasteiger partial charge on any atom is 0.252 e. The maximum absolute atomic E-state index is 13.2. The van der Waals surface area contributed by atoms with Gasteiger partial charge in [0.1, 0.15) is 6.33 Å². The van der Waals surface area contributed by atoms with Gasteiger partial charge in [-0.3, -0.25) is 9.69 Å². The van der Waals surface area contributed by atoms with Crippen molar-refractivity contribution in [2.75, 3.05) is 26.2 Å². The lowest BCUT2D eigenvalue weighted by atomic mass is 10.1. The lowest BCUT2D eigenvalue weighted by Gasteiger charge is -2.35. The van der Waals surface area contributed by atoms with E-state index >= 15 is 0 Å². The fraction of sp³-hybridized carbons (Fsp3) is 0.412. The molecule has 140 valence electrons. The molecule has 3 heterocycles. The van der Waals surface area contributed by atoms with Gasteiger partial charge in [0, 0.05) is 33.1 Å². The number of hydrogen-bond donors (Lipinski definition) is 0. The predicted molar refractivity (Wildman–Crippen MR) is 93.3 cm³/mol. The van der Waals surface area contributed by atoms with Crippen LogP contribution in [-0.2, 0) is 11.3 Å². The molecule has 1 aromatic carbocycles. The van der Waals surface area contributed by atoms with Crippen LogP contribution in [0.1, 0.15) is 23.3 Å². The first-order valence-corrected chi connectivity index (χ1v) is 8.78. The van der Waals surface area contributed by atoms with E-state index in [1.807, 2.05) is 35.2 Å². The Bertz CT molecular complexity index is 871. The number of benzene rings is 1. The predicted octanol–water partition coefficient (Wildman–Crippen LogP) is 0.298. The van der Waals surface area contributed by atoms with Gasteiger partial charge in [-0.1, -0.05) is 35.5 Å². The summed E-state index contributed by atoms with van der Waals surface area (Å²) in [6, 6.07) is 9.00. The van der Waals surface area contributed by atoms with Gasteiger partial charge in [-0.25, -0.2) is 4.68 Å². The average molecular weight is 368 g/mol. The van der Waals surface area contributed by atoms with Crippen molar-refractivity contribution in [1.29, 1.82) is 0 Å². The molecular weight excluding hydrogens is 348 g/mol. The Kier molecular flexibility index (Phi) is 4.88. The molecule has 0 spiro atoms. The second-order valence-electron chi connectivity index (χ2n) is 6.43. The number of nitrogens with zero attached hydrogens (tertiary/aromatic N) is 8. The number of aromatic nitrogens is 6. The first-order valence-electron chi connectivity index (χ1n) is 8.78. The van der Waals surface area contributed by atoms with Gasteiger partial charge in [0.2, 0.25) is 5.89 Å². The van der Waals surface area contributed by atoms with Crippen LogP contribution in [0, 0.1) is 6.92 Å². The minimum Gasteiger partial charge on any atom is -0.340 e. The van der Waals surface area contributed by atoms with Crippen molar-refractivity contribution in [2.45, 2.75) is 19.5 Å². The van der Waals surface area contributed by atoms with E-state index in [9.17, 15) is 4.79 Å². The summed E-state index contributed by atoms with van der Waals surface area (Å²) in [4.78, 5) is 21.5. The van der Waals surface area contributed by atoms with Crippen molar-refractivity contribution in [3.05, 3.63) is 53.9 Å². The smallest absolute Gasteiger partial charge is 0.252 e. The fourth-order valence-corrected chi connectivity index (χ4v) is 3.24. The minimum absolute atomic E-state index is 0.0106. The van der Waals surface area contributed by atoms with E-state index in [0.29, 0.717) is 31.3 Å². The van der Waals surface area contributed by atoms with Crippen LogP contribution in [0.4, 0.5) is 0 Å². The highest BCUT2D eigenvalue weighted by atomic mass is 16.5. The number of rotatable bonds is 5. The van der Waals surface area contributed by atoms with Crippen molar-refractivity contribution < 1.29 is 9.32 Å². The van der Waals surface area contributed by atoms with Crippen LogP contribution in [0.15, 0.2) is 41.2 Å². The highest BCUT2D eigenvalue weighted by molar-refractivity contribution is 5.83. The van der Waals surface area contributed by atoms with Crippen molar-refractivity contribution in [1.82, 2.24) is 40.1 Å². The summed E-state index contributed by atoms with van der Waals surface area (Å²) < 4.78 is 6.52. The SMILES string of the molecule is Cc1nc(CN2CCN(C(=O)[C@@H](c3ccccc3)n3cnnn3)CC2)no1. The molecule has 1 aliphatic rings. The number of hydrogen-bond acceptors (Lipinski definition) is 8. The highest BCUT2D eigenvalue weighted by Crippen LogP contribution is 2.20. The quantitative estimate of drug-likeness (QED) is 0.633. The lowest BCUT2D eigenvalue weighted by Crippen LogP contribution is -2.50. The van der Waals surface area contributed by atoms with Crippen LogP contribution in [0.2, 0.25) is 0 Å². The second-order valence-corrected chi connectivity index (χ2v) is 6.43. The summed E-state index contributed by atoms with van der Waals surface area (Å²) in [5.41, 5.74) is 0.861. The maximum atomic E-state index is 13.2. The molecule has 0 N–H and O–H groups in total. The number of carbonyl (C=O) groups is 1. The normalized spacial score (nSPS) is 16.4. The molecular formula is C17H20N8O2. The van der Waals surface area contributed by atoms with Crippen LogP contribution in [-0.4, -0.2) is 72.2 Å². The number of tetrazole rings is 1. The number of aryl methyl sites for hydroxylation is 1. The number of piperazine rings is 1. The van der Waals surface area contributed by atoms with Crippen LogP contribution in [0.25, 0.3) is 0 Å². The van der Waals surface area contributed by atoms with E-state index in [-0.39, 0.29) is 5.91 Å². The Morgan fingerprint density at radius 3 is 2.59 bits per heavy atom. The molecule has 0 unspecified atom stereocenters. The molecule has 4 rings (SSSR count). The summed E-state index contributed by atoms with van der Waals surface area (Å²) >= 11 is 0. The Balaban J connectivity index is 1.44. The van der Waals surface area contributed by atoms with Gasteiger partial charge in [-0.05, 0) is 16.0 Å². The molecule has 10 heteroatoms. The zero-order valence-corrected chi connectivity index (χ0v) is 15.0. The van der Waals surface area contributed by atoms with E-state index in [1.54, 1.807) is 6.92 Å². The van der Waals surface area contributed by atoms with Crippen molar-refractivity contribution in [2.24, 2.45) is 0 Å². The third-order valence-electron chi connectivity index (χ3n) is 4.60. The average Bonchev–Trinajstić information content (AvgIpc) is 3.36. The Labute approximate surface area is 155 Å². The van der Waals surface area contributed by atoms with Crippen LogP contribution >= 0.6 is 0 Å². The Morgan fingerprint density at radius 2 is 1.96 bits per heavy atom. The molecule has 27 heavy (non-hydrogen) atoms. The minimum atomic E-state index is -0.562. The number of amides is 1. The molecule has 0 radical (unpaired) electrons. The third kappa shape index (κ3) is 3.85. The zero-order chi connectivity index (χ0) is 18.6. The van der Waals surface area contributed by atoms with E-state index < -0.39 is 6.04 Å². The first-order chi connectivity index (χ1) is 13.2. The molecule has 1 aliphatic heterocycles. The van der Waals surface area contributed by atoms with Gasteiger partial charge in [-0.15, -0.1) is 5.10 Å². The van der Waals surface area contributed by atoms with Gasteiger partial charge < -0.3 is 9.42 Å². The highest BCUT2D eigenvalue weighted by Gasteiger charge is 2.31. The van der Waals surface area contributed by atoms with Gasteiger partial charge in [0.15, 0.2) is 11.9 Å². The lowest BCUT2D eigenvalue weighted by molar-refractivity contribution is -0.135. The molecule has 0 aliphatic carbocycles. The Morgan fingerprint density at radius 1 is 1.19 bits per heavy atom. The van der Waals surface area contributed by atoms with Gasteiger partial charge in [0.25, 0.3) is 5.91 Å².